The molecule has 2 aromatic carbocycles. The zero-order chi connectivity index (χ0) is 29.2. The molecule has 0 saturated heterocycles. The van der Waals surface area contributed by atoms with Gasteiger partial charge in [-0.3, -0.25) is 19.2 Å². The number of hydrogen-bond acceptors (Lipinski definition) is 4. The molecule has 0 radical (unpaired) electrons. The van der Waals surface area contributed by atoms with Gasteiger partial charge in [-0.1, -0.05) is 76.4 Å². The molecule has 4 nitrogen and oxygen atoms in total. The van der Waals surface area contributed by atoms with Gasteiger partial charge in [0.2, 0.25) is 0 Å². The van der Waals surface area contributed by atoms with Gasteiger partial charge in [0.1, 0.15) is 17.3 Å². The first-order valence-corrected chi connectivity index (χ1v) is 15.5. The largest absolute Gasteiger partial charge is 0.300 e. The van der Waals surface area contributed by atoms with Crippen LogP contribution in [0.15, 0.2) is 36.4 Å². The normalized spacial score (nSPS) is 16.3. The van der Waals surface area contributed by atoms with Crippen molar-refractivity contribution < 1.29 is 19.2 Å². The molecule has 0 amide bonds. The second kappa shape index (κ2) is 15.2. The van der Waals surface area contributed by atoms with Gasteiger partial charge in [-0.15, -0.1) is 0 Å². The van der Waals surface area contributed by atoms with E-state index >= 15 is 0 Å². The second-order valence-electron chi connectivity index (χ2n) is 12.0. The summed E-state index contributed by atoms with van der Waals surface area (Å²) in [5.41, 5.74) is 6.38. The zero-order valence-electron chi connectivity index (χ0n) is 25.3. The molecular formula is C36H48O4. The minimum atomic E-state index is -0.126. The number of carbonyl (C=O) groups is 4. The van der Waals surface area contributed by atoms with E-state index in [1.54, 1.807) is 0 Å². The predicted octanol–water partition coefficient (Wildman–Crippen LogP) is 8.48. The van der Waals surface area contributed by atoms with E-state index < -0.39 is 0 Å². The molecule has 216 valence electrons. The van der Waals surface area contributed by atoms with Crippen LogP contribution in [0.3, 0.4) is 0 Å². The molecule has 40 heavy (non-hydrogen) atoms. The van der Waals surface area contributed by atoms with Crippen LogP contribution in [0.5, 0.6) is 0 Å². The van der Waals surface area contributed by atoms with E-state index in [4.69, 9.17) is 0 Å². The summed E-state index contributed by atoms with van der Waals surface area (Å²) < 4.78 is 0. The third-order valence-electron chi connectivity index (χ3n) is 8.67. The van der Waals surface area contributed by atoms with E-state index in [-0.39, 0.29) is 41.5 Å². The molecule has 1 aliphatic carbocycles. The highest BCUT2D eigenvalue weighted by molar-refractivity contribution is 6.02. The molecule has 2 aromatic rings. The fourth-order valence-corrected chi connectivity index (χ4v) is 6.64. The summed E-state index contributed by atoms with van der Waals surface area (Å²) >= 11 is 0. The lowest BCUT2D eigenvalue weighted by molar-refractivity contribution is -0.130. The fourth-order valence-electron chi connectivity index (χ4n) is 6.64. The van der Waals surface area contributed by atoms with Crippen LogP contribution < -0.4 is 0 Å². The highest BCUT2D eigenvalue weighted by atomic mass is 16.1. The molecule has 0 aliphatic heterocycles. The summed E-state index contributed by atoms with van der Waals surface area (Å²) in [6, 6.07) is 12.7. The Bertz CT molecular complexity index is 1190. The Balaban J connectivity index is 1.82. The average Bonchev–Trinajstić information content (AvgIpc) is 2.91. The number of carbonyl (C=O) groups excluding carboxylic acids is 4. The van der Waals surface area contributed by atoms with Crippen LogP contribution in [0, 0.1) is 24.7 Å². The van der Waals surface area contributed by atoms with E-state index in [1.807, 2.05) is 13.8 Å². The number of fused-ring (bicyclic) bond motifs is 1. The second-order valence-corrected chi connectivity index (χ2v) is 12.0. The number of benzene rings is 2. The quantitative estimate of drug-likeness (QED) is 0.199. The number of aryl methyl sites for hydroxylation is 2. The van der Waals surface area contributed by atoms with Gasteiger partial charge < -0.3 is 0 Å². The Morgan fingerprint density at radius 1 is 0.925 bits per heavy atom. The van der Waals surface area contributed by atoms with Crippen molar-refractivity contribution in [1.82, 2.24) is 0 Å². The van der Waals surface area contributed by atoms with Gasteiger partial charge >= 0.3 is 0 Å². The van der Waals surface area contributed by atoms with Gasteiger partial charge in [0.25, 0.3) is 0 Å². The van der Waals surface area contributed by atoms with Crippen LogP contribution in [0.25, 0.3) is 11.1 Å². The maximum absolute atomic E-state index is 13.5. The number of rotatable bonds is 16. The van der Waals surface area contributed by atoms with Crippen LogP contribution in [0.1, 0.15) is 119 Å². The SMILES string of the molecule is CCCCC(=O)CCc1ccc(-c2ccc(C)c3c2CC(CC(CCC)C(CC)C(=O)CC(C)=O)CC3=O)cc1. The van der Waals surface area contributed by atoms with Crippen molar-refractivity contribution in [2.75, 3.05) is 0 Å². The van der Waals surface area contributed by atoms with Crippen LogP contribution >= 0.6 is 0 Å². The molecule has 0 saturated carbocycles. The highest BCUT2D eigenvalue weighted by Gasteiger charge is 2.34. The van der Waals surface area contributed by atoms with Gasteiger partial charge in [0, 0.05) is 30.7 Å². The molecule has 1 aliphatic rings. The molecule has 0 fully saturated rings. The molecule has 4 heteroatoms. The molecule has 0 bridgehead atoms. The summed E-state index contributed by atoms with van der Waals surface area (Å²) in [4.78, 5) is 50.2. The first-order chi connectivity index (χ1) is 19.2. The summed E-state index contributed by atoms with van der Waals surface area (Å²) in [6.07, 6.45) is 8.84. The molecule has 0 spiro atoms. The van der Waals surface area contributed by atoms with Crippen molar-refractivity contribution in [3.8, 4) is 11.1 Å². The highest BCUT2D eigenvalue weighted by Crippen LogP contribution is 2.40. The van der Waals surface area contributed by atoms with Gasteiger partial charge in [0.15, 0.2) is 5.78 Å². The van der Waals surface area contributed by atoms with Crippen LogP contribution in [-0.2, 0) is 27.2 Å². The Morgan fingerprint density at radius 2 is 1.65 bits per heavy atom. The van der Waals surface area contributed by atoms with Crippen molar-refractivity contribution in [3.05, 3.63) is 58.7 Å². The van der Waals surface area contributed by atoms with Crippen molar-refractivity contribution in [3.63, 3.8) is 0 Å². The lowest BCUT2D eigenvalue weighted by Crippen LogP contribution is -2.30. The third-order valence-corrected chi connectivity index (χ3v) is 8.67. The van der Waals surface area contributed by atoms with Gasteiger partial charge in [-0.05, 0) is 85.6 Å². The first-order valence-electron chi connectivity index (χ1n) is 15.5. The molecular weight excluding hydrogens is 496 g/mol. The lowest BCUT2D eigenvalue weighted by Gasteiger charge is -2.32. The average molecular weight is 545 g/mol. The van der Waals surface area contributed by atoms with E-state index in [1.165, 1.54) is 6.92 Å². The maximum Gasteiger partial charge on any atom is 0.163 e. The topological polar surface area (TPSA) is 68.3 Å². The van der Waals surface area contributed by atoms with E-state index in [9.17, 15) is 19.2 Å². The third kappa shape index (κ3) is 8.32. The van der Waals surface area contributed by atoms with Crippen molar-refractivity contribution in [2.24, 2.45) is 17.8 Å². The summed E-state index contributed by atoms with van der Waals surface area (Å²) in [7, 11) is 0. The minimum Gasteiger partial charge on any atom is -0.300 e. The number of hydrogen-bond donors (Lipinski definition) is 0. The van der Waals surface area contributed by atoms with Gasteiger partial charge in [-0.2, -0.15) is 0 Å². The predicted molar refractivity (Wildman–Crippen MR) is 163 cm³/mol. The van der Waals surface area contributed by atoms with Crippen LogP contribution in [0.4, 0.5) is 0 Å². The maximum atomic E-state index is 13.5. The van der Waals surface area contributed by atoms with Crippen LogP contribution in [0.2, 0.25) is 0 Å². The van der Waals surface area contributed by atoms with Crippen molar-refractivity contribution in [2.45, 2.75) is 112 Å². The number of ketones is 4. The number of Topliss-reactive ketones (excluding diaryl/α,β-unsaturated/α-hetero) is 4. The molecule has 3 atom stereocenters. The fraction of sp³-hybridized carbons (Fsp3) is 0.556. The first kappa shape index (κ1) is 31.6. The molecule has 0 heterocycles. The minimum absolute atomic E-state index is 0.0113. The Kier molecular flexibility index (Phi) is 12.0. The summed E-state index contributed by atoms with van der Waals surface area (Å²) in [5, 5.41) is 0. The van der Waals surface area contributed by atoms with Crippen molar-refractivity contribution >= 4 is 23.1 Å². The van der Waals surface area contributed by atoms with Gasteiger partial charge in [-0.25, -0.2) is 0 Å². The molecule has 3 rings (SSSR count). The molecule has 0 N–H and O–H groups in total. The van der Waals surface area contributed by atoms with Crippen LogP contribution in [-0.4, -0.2) is 23.1 Å². The Morgan fingerprint density at radius 3 is 2.27 bits per heavy atom. The smallest absolute Gasteiger partial charge is 0.163 e. The zero-order valence-corrected chi connectivity index (χ0v) is 25.3. The van der Waals surface area contributed by atoms with E-state index in [0.29, 0.717) is 25.0 Å². The van der Waals surface area contributed by atoms with Crippen molar-refractivity contribution in [1.29, 1.82) is 0 Å². The lowest BCUT2D eigenvalue weighted by atomic mass is 9.71. The number of unbranched alkanes of at least 4 members (excludes halogenated alkanes) is 1. The Hall–Kier alpha value is -2.88. The van der Waals surface area contributed by atoms with E-state index in [2.05, 4.69) is 50.2 Å². The monoisotopic (exact) mass is 544 g/mol. The molecule has 3 unspecified atom stereocenters. The van der Waals surface area contributed by atoms with Gasteiger partial charge in [0.05, 0.1) is 6.42 Å². The van der Waals surface area contributed by atoms with E-state index in [0.717, 1.165) is 84.7 Å². The summed E-state index contributed by atoms with van der Waals surface area (Å²) in [5.74, 6) is 0.760. The Labute approximate surface area is 241 Å². The standard InChI is InChI=1S/C36H48O4/c1-6-9-11-30(38)18-15-26-13-16-28(17-14-26)32-19-12-24(4)36-33(32)22-27(23-35(36)40)21-29(10-7-2)31(8-3)34(39)20-25(5)37/h12-14,16-17,19,27,29,31H,6-11,15,18,20-23H2,1-5H3. The molecule has 0 aromatic heterocycles. The summed E-state index contributed by atoms with van der Waals surface area (Å²) in [6.45, 7) is 9.79.